The second kappa shape index (κ2) is 5.93. The van der Waals surface area contributed by atoms with Crippen molar-refractivity contribution in [2.75, 3.05) is 13.1 Å². The average molecular weight is 326 g/mol. The van der Waals surface area contributed by atoms with E-state index in [1.807, 2.05) is 35.2 Å². The zero-order valence-corrected chi connectivity index (χ0v) is 12.4. The minimum absolute atomic E-state index is 0.163. The van der Waals surface area contributed by atoms with Crippen LogP contribution in [0.4, 0.5) is 13.2 Å². The molecule has 1 aliphatic rings. The molecular formula is C15H17F3N4O. The van der Waals surface area contributed by atoms with Crippen molar-refractivity contribution in [3.05, 3.63) is 42.5 Å². The predicted molar refractivity (Wildman–Crippen MR) is 76.9 cm³/mol. The van der Waals surface area contributed by atoms with Crippen LogP contribution in [0, 0.1) is 0 Å². The number of alkyl halides is 3. The number of aliphatic hydroxyl groups is 1. The molecule has 2 aromatic rings. The molecule has 0 spiro atoms. The fraction of sp³-hybridized carbons (Fsp3) is 0.467. The van der Waals surface area contributed by atoms with Crippen LogP contribution in [0.2, 0.25) is 0 Å². The van der Waals surface area contributed by atoms with Crippen molar-refractivity contribution in [3.63, 3.8) is 0 Å². The van der Waals surface area contributed by atoms with E-state index in [1.54, 1.807) is 11.0 Å². The van der Waals surface area contributed by atoms with Crippen molar-refractivity contribution in [3.8, 4) is 5.69 Å². The fourth-order valence-electron chi connectivity index (χ4n) is 2.64. The van der Waals surface area contributed by atoms with Crippen LogP contribution in [-0.2, 0) is 6.54 Å². The first kappa shape index (κ1) is 15.9. The van der Waals surface area contributed by atoms with Crippen molar-refractivity contribution < 1.29 is 18.3 Å². The largest absolute Gasteiger partial charge is 0.417 e. The first-order valence-electron chi connectivity index (χ1n) is 7.35. The maximum atomic E-state index is 12.8. The van der Waals surface area contributed by atoms with Gasteiger partial charge in [-0.15, -0.1) is 5.10 Å². The summed E-state index contributed by atoms with van der Waals surface area (Å²) in [5.74, 6) is 0.548. The molecule has 0 radical (unpaired) electrons. The van der Waals surface area contributed by atoms with E-state index >= 15 is 0 Å². The molecule has 23 heavy (non-hydrogen) atoms. The Hall–Kier alpha value is -1.93. The molecule has 0 aliphatic carbocycles. The Bertz CT molecular complexity index is 648. The van der Waals surface area contributed by atoms with Crippen molar-refractivity contribution in [1.29, 1.82) is 0 Å². The third-order valence-electron chi connectivity index (χ3n) is 4.14. The molecule has 0 atom stereocenters. The van der Waals surface area contributed by atoms with E-state index in [-0.39, 0.29) is 25.9 Å². The number of piperidine rings is 1. The van der Waals surface area contributed by atoms with Crippen molar-refractivity contribution in [2.24, 2.45) is 0 Å². The van der Waals surface area contributed by atoms with Gasteiger partial charge in [0, 0.05) is 13.1 Å². The van der Waals surface area contributed by atoms with Crippen LogP contribution in [-0.4, -0.2) is 49.6 Å². The molecular weight excluding hydrogens is 309 g/mol. The van der Waals surface area contributed by atoms with E-state index in [2.05, 4.69) is 10.1 Å². The highest BCUT2D eigenvalue weighted by molar-refractivity contribution is 5.29. The lowest BCUT2D eigenvalue weighted by atomic mass is 9.91. The lowest BCUT2D eigenvalue weighted by molar-refractivity contribution is -0.272. The highest BCUT2D eigenvalue weighted by Gasteiger charge is 2.54. The molecule has 3 rings (SSSR count). The van der Waals surface area contributed by atoms with E-state index in [1.165, 1.54) is 0 Å². The van der Waals surface area contributed by atoms with Gasteiger partial charge < -0.3 is 5.11 Å². The second-order valence-electron chi connectivity index (χ2n) is 5.75. The Kier molecular flexibility index (Phi) is 4.11. The number of halogens is 3. The summed E-state index contributed by atoms with van der Waals surface area (Å²) < 4.78 is 40.0. The number of para-hydroxylation sites is 1. The molecule has 0 bridgehead atoms. The maximum absolute atomic E-state index is 12.8. The van der Waals surface area contributed by atoms with E-state index in [0.717, 1.165) is 5.69 Å². The first-order chi connectivity index (χ1) is 10.9. The number of nitrogens with zero attached hydrogens (tertiary/aromatic N) is 4. The van der Waals surface area contributed by atoms with Crippen LogP contribution < -0.4 is 0 Å². The molecule has 0 unspecified atom stereocenters. The fourth-order valence-corrected chi connectivity index (χ4v) is 2.64. The lowest BCUT2D eigenvalue weighted by Crippen LogP contribution is -2.53. The van der Waals surface area contributed by atoms with Gasteiger partial charge in [0.25, 0.3) is 0 Å². The first-order valence-corrected chi connectivity index (χ1v) is 7.35. The summed E-state index contributed by atoms with van der Waals surface area (Å²) in [6.45, 7) is 0.694. The number of hydrogen-bond donors (Lipinski definition) is 1. The van der Waals surface area contributed by atoms with Gasteiger partial charge in [0.15, 0.2) is 11.4 Å². The number of hydrogen-bond acceptors (Lipinski definition) is 4. The van der Waals surface area contributed by atoms with Crippen molar-refractivity contribution >= 4 is 0 Å². The average Bonchev–Trinajstić information content (AvgIpc) is 2.98. The van der Waals surface area contributed by atoms with E-state index in [9.17, 15) is 18.3 Å². The van der Waals surface area contributed by atoms with E-state index in [4.69, 9.17) is 0 Å². The van der Waals surface area contributed by atoms with Crippen LogP contribution in [0.1, 0.15) is 18.7 Å². The molecule has 5 nitrogen and oxygen atoms in total. The second-order valence-corrected chi connectivity index (χ2v) is 5.75. The van der Waals surface area contributed by atoms with Gasteiger partial charge in [-0.05, 0) is 25.0 Å². The highest BCUT2D eigenvalue weighted by Crippen LogP contribution is 2.38. The summed E-state index contributed by atoms with van der Waals surface area (Å²) in [6.07, 6.45) is -3.64. The van der Waals surface area contributed by atoms with E-state index in [0.29, 0.717) is 12.4 Å². The summed E-state index contributed by atoms with van der Waals surface area (Å²) >= 11 is 0. The highest BCUT2D eigenvalue weighted by atomic mass is 19.4. The van der Waals surface area contributed by atoms with Gasteiger partial charge in [0.05, 0.1) is 12.2 Å². The number of benzene rings is 1. The Labute approximate surface area is 131 Å². The lowest BCUT2D eigenvalue weighted by Gasteiger charge is -2.38. The van der Waals surface area contributed by atoms with Crippen molar-refractivity contribution in [2.45, 2.75) is 31.2 Å². The van der Waals surface area contributed by atoms with Crippen LogP contribution in [0.25, 0.3) is 5.69 Å². The molecule has 1 saturated heterocycles. The minimum atomic E-state index is -4.58. The van der Waals surface area contributed by atoms with Gasteiger partial charge >= 0.3 is 6.18 Å². The number of likely N-dealkylation sites (tertiary alicyclic amines) is 1. The van der Waals surface area contributed by atoms with Gasteiger partial charge in [0.2, 0.25) is 0 Å². The molecule has 0 saturated carbocycles. The molecule has 1 aromatic carbocycles. The summed E-state index contributed by atoms with van der Waals surface area (Å²) in [4.78, 5) is 6.02. The molecule has 2 heterocycles. The van der Waals surface area contributed by atoms with Gasteiger partial charge in [-0.1, -0.05) is 18.2 Å². The Balaban J connectivity index is 1.61. The maximum Gasteiger partial charge on any atom is 0.417 e. The zero-order chi connectivity index (χ0) is 16.5. The molecule has 1 aromatic heterocycles. The minimum Gasteiger partial charge on any atom is -0.380 e. The molecule has 1 fully saturated rings. The molecule has 1 N–H and O–H groups in total. The third kappa shape index (κ3) is 3.37. The Morgan fingerprint density at radius 2 is 1.78 bits per heavy atom. The van der Waals surface area contributed by atoms with E-state index < -0.39 is 11.8 Å². The zero-order valence-electron chi connectivity index (χ0n) is 12.4. The van der Waals surface area contributed by atoms with Crippen LogP contribution >= 0.6 is 0 Å². The Morgan fingerprint density at radius 3 is 2.39 bits per heavy atom. The van der Waals surface area contributed by atoms with Crippen LogP contribution in [0.15, 0.2) is 36.7 Å². The van der Waals surface area contributed by atoms with Gasteiger partial charge in [-0.25, -0.2) is 9.67 Å². The molecule has 1 aliphatic heterocycles. The van der Waals surface area contributed by atoms with Crippen molar-refractivity contribution in [1.82, 2.24) is 19.7 Å². The molecule has 0 amide bonds. The monoisotopic (exact) mass is 326 g/mol. The summed E-state index contributed by atoms with van der Waals surface area (Å²) in [6, 6.07) is 9.46. The summed E-state index contributed by atoms with van der Waals surface area (Å²) in [5.41, 5.74) is -1.70. The van der Waals surface area contributed by atoms with Gasteiger partial charge in [-0.3, -0.25) is 4.90 Å². The quantitative estimate of drug-likeness (QED) is 0.939. The SMILES string of the molecule is OC1(C(F)(F)F)CCN(Cc2ncn(-c3ccccc3)n2)CC1. The standard InChI is InChI=1S/C15H17F3N4O/c16-15(17,18)14(23)6-8-21(9-7-14)10-13-19-11-22(20-13)12-4-2-1-3-5-12/h1-5,11,23H,6-10H2. The third-order valence-corrected chi connectivity index (χ3v) is 4.14. The van der Waals surface area contributed by atoms with Gasteiger partial charge in [-0.2, -0.15) is 13.2 Å². The van der Waals surface area contributed by atoms with Crippen LogP contribution in [0.3, 0.4) is 0 Å². The Morgan fingerprint density at radius 1 is 1.13 bits per heavy atom. The molecule has 124 valence electrons. The normalized spacial score (nSPS) is 19.0. The predicted octanol–water partition coefficient (Wildman–Crippen LogP) is 2.16. The smallest absolute Gasteiger partial charge is 0.380 e. The van der Waals surface area contributed by atoms with Gasteiger partial charge in [0.1, 0.15) is 6.33 Å². The number of rotatable bonds is 3. The number of aromatic nitrogens is 3. The topological polar surface area (TPSA) is 54.2 Å². The summed E-state index contributed by atoms with van der Waals surface area (Å²) in [7, 11) is 0. The summed E-state index contributed by atoms with van der Waals surface area (Å²) in [5, 5.41) is 14.0. The molecule has 8 heteroatoms. The van der Waals surface area contributed by atoms with Crippen LogP contribution in [0.5, 0.6) is 0 Å².